The van der Waals surface area contributed by atoms with Crippen molar-refractivity contribution < 1.29 is 5.11 Å². The van der Waals surface area contributed by atoms with E-state index in [-0.39, 0.29) is 11.2 Å². The molecular formula is C25H34ClN3O. The second-order valence-electron chi connectivity index (χ2n) is 9.25. The summed E-state index contributed by atoms with van der Waals surface area (Å²) in [5.41, 5.74) is 4.08. The van der Waals surface area contributed by atoms with E-state index >= 15 is 0 Å². The number of hydrogen-bond acceptors (Lipinski definition) is 3. The van der Waals surface area contributed by atoms with E-state index in [9.17, 15) is 5.11 Å². The fourth-order valence-corrected chi connectivity index (χ4v) is 3.99. The van der Waals surface area contributed by atoms with Gasteiger partial charge in [-0.25, -0.2) is 0 Å². The van der Waals surface area contributed by atoms with Crippen molar-refractivity contribution in [3.63, 3.8) is 0 Å². The van der Waals surface area contributed by atoms with Gasteiger partial charge in [-0.15, -0.1) is 15.0 Å². The zero-order chi connectivity index (χ0) is 21.7. The number of halogens is 1. The van der Waals surface area contributed by atoms with Crippen LogP contribution in [0.5, 0.6) is 5.75 Å². The quantitative estimate of drug-likeness (QED) is 0.362. The minimum atomic E-state index is -0.176. The topological polar surface area (TPSA) is 50.9 Å². The highest BCUT2D eigenvalue weighted by Gasteiger charge is 2.23. The number of benzene rings is 2. The first-order valence-electron chi connectivity index (χ1n) is 11.2. The molecular weight excluding hydrogens is 394 g/mol. The standard InChI is InChI=1S/C25H34ClN3O/c1-5-6-7-8-9-10-11-12-18-15-20(25(2,3)4)24(30)23(16-18)29-27-21-14-13-19(26)17-22(21)28-29/h13-17,30H,5-12H2,1-4H3. The fourth-order valence-electron chi connectivity index (χ4n) is 3.83. The molecule has 1 N–H and O–H groups in total. The molecule has 162 valence electrons. The minimum Gasteiger partial charge on any atom is -0.505 e. The van der Waals surface area contributed by atoms with Gasteiger partial charge in [-0.1, -0.05) is 83.9 Å². The highest BCUT2D eigenvalue weighted by Crippen LogP contribution is 2.36. The van der Waals surface area contributed by atoms with E-state index in [4.69, 9.17) is 11.6 Å². The second kappa shape index (κ2) is 9.82. The Morgan fingerprint density at radius 1 is 0.900 bits per heavy atom. The third-order valence-corrected chi connectivity index (χ3v) is 5.82. The molecule has 0 aliphatic rings. The van der Waals surface area contributed by atoms with Gasteiger partial charge in [0.25, 0.3) is 0 Å². The summed E-state index contributed by atoms with van der Waals surface area (Å²) < 4.78 is 0. The molecule has 3 aromatic rings. The number of aromatic nitrogens is 3. The van der Waals surface area contributed by atoms with Crippen LogP contribution in [-0.2, 0) is 11.8 Å². The molecule has 3 rings (SSSR count). The van der Waals surface area contributed by atoms with Crippen LogP contribution in [0.2, 0.25) is 5.02 Å². The van der Waals surface area contributed by atoms with E-state index in [1.54, 1.807) is 16.9 Å². The zero-order valence-electron chi connectivity index (χ0n) is 18.7. The summed E-state index contributed by atoms with van der Waals surface area (Å²) in [5.74, 6) is 0.247. The first-order chi connectivity index (χ1) is 14.3. The Hall–Kier alpha value is -2.07. The van der Waals surface area contributed by atoms with Gasteiger partial charge in [0, 0.05) is 10.6 Å². The zero-order valence-corrected chi connectivity index (χ0v) is 19.5. The molecule has 1 heterocycles. The van der Waals surface area contributed by atoms with Crippen molar-refractivity contribution in [1.82, 2.24) is 15.0 Å². The van der Waals surface area contributed by atoms with Crippen LogP contribution in [0.3, 0.4) is 0 Å². The number of nitrogens with zero attached hydrogens (tertiary/aromatic N) is 3. The SMILES string of the molecule is CCCCCCCCCc1cc(-n2nc3ccc(Cl)cc3n2)c(O)c(C(C)(C)C)c1. The Morgan fingerprint density at radius 2 is 1.57 bits per heavy atom. The van der Waals surface area contributed by atoms with Gasteiger partial charge in [0.15, 0.2) is 0 Å². The molecule has 0 aliphatic carbocycles. The number of fused-ring (bicyclic) bond motifs is 1. The lowest BCUT2D eigenvalue weighted by atomic mass is 9.84. The van der Waals surface area contributed by atoms with Crippen molar-refractivity contribution in [3.8, 4) is 11.4 Å². The number of rotatable bonds is 9. The molecule has 2 aromatic carbocycles. The number of aryl methyl sites for hydroxylation is 1. The van der Waals surface area contributed by atoms with Crippen molar-refractivity contribution in [2.45, 2.75) is 84.5 Å². The summed E-state index contributed by atoms with van der Waals surface area (Å²) in [6.07, 6.45) is 9.99. The van der Waals surface area contributed by atoms with Crippen LogP contribution < -0.4 is 0 Å². The lowest BCUT2D eigenvalue weighted by Crippen LogP contribution is -2.14. The van der Waals surface area contributed by atoms with Gasteiger partial charge in [-0.3, -0.25) is 0 Å². The normalized spacial score (nSPS) is 12.0. The molecule has 0 bridgehead atoms. The van der Waals surface area contributed by atoms with Gasteiger partial charge in [0.2, 0.25) is 0 Å². The number of unbranched alkanes of at least 4 members (excludes halogenated alkanes) is 6. The number of aromatic hydroxyl groups is 1. The monoisotopic (exact) mass is 427 g/mol. The molecule has 5 heteroatoms. The maximum atomic E-state index is 11.0. The Morgan fingerprint density at radius 3 is 2.27 bits per heavy atom. The van der Waals surface area contributed by atoms with Crippen molar-refractivity contribution in [2.75, 3.05) is 0 Å². The van der Waals surface area contributed by atoms with Crippen molar-refractivity contribution in [1.29, 1.82) is 0 Å². The van der Waals surface area contributed by atoms with Crippen molar-refractivity contribution >= 4 is 22.6 Å². The van der Waals surface area contributed by atoms with Gasteiger partial charge in [0.1, 0.15) is 22.5 Å². The molecule has 1 aromatic heterocycles. The highest BCUT2D eigenvalue weighted by atomic mass is 35.5. The van der Waals surface area contributed by atoms with Gasteiger partial charge < -0.3 is 5.11 Å². The van der Waals surface area contributed by atoms with Gasteiger partial charge in [-0.2, -0.15) is 0 Å². The largest absolute Gasteiger partial charge is 0.505 e. The molecule has 0 fully saturated rings. The van der Waals surface area contributed by atoms with Crippen LogP contribution >= 0.6 is 11.6 Å². The molecule has 30 heavy (non-hydrogen) atoms. The summed E-state index contributed by atoms with van der Waals surface area (Å²) in [4.78, 5) is 1.54. The van der Waals surface area contributed by atoms with Crippen molar-refractivity contribution in [3.05, 3.63) is 46.5 Å². The highest BCUT2D eigenvalue weighted by molar-refractivity contribution is 6.31. The van der Waals surface area contributed by atoms with Crippen LogP contribution in [0.25, 0.3) is 16.7 Å². The fraction of sp³-hybridized carbons (Fsp3) is 0.520. The summed E-state index contributed by atoms with van der Waals surface area (Å²) in [6, 6.07) is 9.63. The molecule has 0 radical (unpaired) electrons. The molecule has 0 atom stereocenters. The predicted molar refractivity (Wildman–Crippen MR) is 126 cm³/mol. The minimum absolute atomic E-state index is 0.176. The average Bonchev–Trinajstić information content (AvgIpc) is 3.10. The Bertz CT molecular complexity index is 988. The number of phenols is 1. The molecule has 0 spiro atoms. The van der Waals surface area contributed by atoms with E-state index in [1.165, 1.54) is 44.1 Å². The molecule has 4 nitrogen and oxygen atoms in total. The number of phenolic OH excluding ortho intramolecular Hbond substituents is 1. The Kier molecular flexibility index (Phi) is 7.41. The lowest BCUT2D eigenvalue weighted by molar-refractivity contribution is 0.440. The van der Waals surface area contributed by atoms with Crippen LogP contribution in [0.4, 0.5) is 0 Å². The maximum Gasteiger partial charge on any atom is 0.146 e. The summed E-state index contributed by atoms with van der Waals surface area (Å²) in [5, 5.41) is 20.8. The molecule has 0 unspecified atom stereocenters. The third-order valence-electron chi connectivity index (χ3n) is 5.58. The third kappa shape index (κ3) is 5.54. The van der Waals surface area contributed by atoms with E-state index < -0.39 is 0 Å². The van der Waals surface area contributed by atoms with E-state index in [0.717, 1.165) is 29.4 Å². The van der Waals surface area contributed by atoms with Crippen LogP contribution in [0, 0.1) is 0 Å². The van der Waals surface area contributed by atoms with Crippen LogP contribution in [0.1, 0.15) is 83.8 Å². The van der Waals surface area contributed by atoms with Gasteiger partial charge in [-0.05, 0) is 48.1 Å². The van der Waals surface area contributed by atoms with E-state index in [2.05, 4.69) is 44.0 Å². The Balaban J connectivity index is 1.85. The molecule has 0 amide bonds. The average molecular weight is 428 g/mol. The first kappa shape index (κ1) is 22.6. The lowest BCUT2D eigenvalue weighted by Gasteiger charge is -2.23. The van der Waals surface area contributed by atoms with Crippen LogP contribution in [-0.4, -0.2) is 20.1 Å². The Labute approximate surface area is 185 Å². The first-order valence-corrected chi connectivity index (χ1v) is 11.6. The van der Waals surface area contributed by atoms with Gasteiger partial charge >= 0.3 is 0 Å². The smallest absolute Gasteiger partial charge is 0.146 e. The molecule has 0 aliphatic heterocycles. The summed E-state index contributed by atoms with van der Waals surface area (Å²) in [6.45, 7) is 8.61. The second-order valence-corrected chi connectivity index (χ2v) is 9.69. The molecule has 0 saturated heterocycles. The predicted octanol–water partition coefficient (Wildman–Crippen LogP) is 7.37. The van der Waals surface area contributed by atoms with Crippen LogP contribution in [0.15, 0.2) is 30.3 Å². The molecule has 0 saturated carbocycles. The van der Waals surface area contributed by atoms with E-state index in [0.29, 0.717) is 10.7 Å². The van der Waals surface area contributed by atoms with E-state index in [1.807, 2.05) is 12.1 Å². The van der Waals surface area contributed by atoms with Crippen molar-refractivity contribution in [2.24, 2.45) is 0 Å². The maximum absolute atomic E-state index is 11.0. The number of hydrogen-bond donors (Lipinski definition) is 1. The summed E-state index contributed by atoms with van der Waals surface area (Å²) in [7, 11) is 0. The van der Waals surface area contributed by atoms with Gasteiger partial charge in [0.05, 0.1) is 0 Å². The summed E-state index contributed by atoms with van der Waals surface area (Å²) >= 11 is 6.10.